The molecular formula is C13H19NO3. The number of aliphatic hydroxyl groups is 1. The fraction of sp³-hybridized carbons (Fsp3) is 0.462. The van der Waals surface area contributed by atoms with Crippen LogP contribution in [-0.4, -0.2) is 30.1 Å². The first-order valence-corrected chi connectivity index (χ1v) is 5.58. The number of carbonyl (C=O) groups excluding carboxylic acids is 1. The van der Waals surface area contributed by atoms with Crippen LogP contribution < -0.4 is 10.5 Å². The monoisotopic (exact) mass is 237 g/mol. The first kappa shape index (κ1) is 13.7. The van der Waals surface area contributed by atoms with Gasteiger partial charge in [0, 0.05) is 6.54 Å². The van der Waals surface area contributed by atoms with E-state index in [1.807, 2.05) is 26.0 Å². The van der Waals surface area contributed by atoms with Gasteiger partial charge in [-0.15, -0.1) is 0 Å². The van der Waals surface area contributed by atoms with Crippen LogP contribution in [0.15, 0.2) is 12.1 Å². The number of carbonyl (C=O) groups is 1. The zero-order valence-electron chi connectivity index (χ0n) is 10.5. The van der Waals surface area contributed by atoms with Crippen LogP contribution in [0.4, 0.5) is 0 Å². The third-order valence-electron chi connectivity index (χ3n) is 2.68. The number of ether oxygens (including phenoxy) is 1. The predicted molar refractivity (Wildman–Crippen MR) is 66.5 cm³/mol. The molecule has 0 saturated heterocycles. The summed E-state index contributed by atoms with van der Waals surface area (Å²) in [5, 5.41) is 9.34. The lowest BCUT2D eigenvalue weighted by Gasteiger charge is -2.14. The van der Waals surface area contributed by atoms with Crippen molar-refractivity contribution in [2.24, 2.45) is 5.73 Å². The van der Waals surface area contributed by atoms with Crippen LogP contribution in [0.5, 0.6) is 5.75 Å². The van der Waals surface area contributed by atoms with Crippen LogP contribution in [0.2, 0.25) is 0 Å². The van der Waals surface area contributed by atoms with E-state index in [9.17, 15) is 9.90 Å². The number of aryl methyl sites for hydroxylation is 2. The second kappa shape index (κ2) is 5.80. The number of benzene rings is 1. The summed E-state index contributed by atoms with van der Waals surface area (Å²) in [6.07, 6.45) is -0.712. The van der Waals surface area contributed by atoms with E-state index in [1.165, 1.54) is 6.92 Å². The van der Waals surface area contributed by atoms with Crippen molar-refractivity contribution in [1.29, 1.82) is 0 Å². The summed E-state index contributed by atoms with van der Waals surface area (Å²) in [6, 6.07) is 3.62. The summed E-state index contributed by atoms with van der Waals surface area (Å²) in [5.74, 6) is 0.457. The Morgan fingerprint density at radius 3 is 2.53 bits per heavy atom. The molecule has 0 aliphatic rings. The highest BCUT2D eigenvalue weighted by Crippen LogP contribution is 2.23. The van der Waals surface area contributed by atoms with E-state index in [1.54, 1.807) is 0 Å². The first-order chi connectivity index (χ1) is 7.95. The number of Topliss-reactive ketones (excluding diaryl/α,β-unsaturated/α-hetero) is 1. The van der Waals surface area contributed by atoms with Crippen LogP contribution in [0.1, 0.15) is 28.4 Å². The van der Waals surface area contributed by atoms with Crippen molar-refractivity contribution in [3.05, 3.63) is 28.8 Å². The molecule has 1 aromatic rings. The van der Waals surface area contributed by atoms with Crippen molar-refractivity contribution in [2.75, 3.05) is 13.2 Å². The lowest BCUT2D eigenvalue weighted by Crippen LogP contribution is -2.27. The molecule has 17 heavy (non-hydrogen) atoms. The lowest BCUT2D eigenvalue weighted by atomic mass is 10.0. The van der Waals surface area contributed by atoms with E-state index >= 15 is 0 Å². The second-order valence-corrected chi connectivity index (χ2v) is 4.19. The zero-order chi connectivity index (χ0) is 13.0. The fourth-order valence-corrected chi connectivity index (χ4v) is 1.44. The van der Waals surface area contributed by atoms with Crippen LogP contribution in [0.25, 0.3) is 0 Å². The molecular weight excluding hydrogens is 218 g/mol. The fourth-order valence-electron chi connectivity index (χ4n) is 1.44. The Morgan fingerprint density at radius 1 is 1.41 bits per heavy atom. The molecule has 1 aromatic carbocycles. The number of aliphatic hydroxyl groups excluding tert-OH is 1. The van der Waals surface area contributed by atoms with Crippen LogP contribution in [0.3, 0.4) is 0 Å². The van der Waals surface area contributed by atoms with Gasteiger partial charge in [-0.05, 0) is 44.0 Å². The van der Waals surface area contributed by atoms with Crippen LogP contribution in [0, 0.1) is 13.8 Å². The maximum atomic E-state index is 11.5. The topological polar surface area (TPSA) is 72.5 Å². The zero-order valence-corrected chi connectivity index (χ0v) is 10.5. The number of ketones is 1. The summed E-state index contributed by atoms with van der Waals surface area (Å²) in [6.45, 7) is 5.63. The van der Waals surface area contributed by atoms with Gasteiger partial charge in [0.1, 0.15) is 18.5 Å². The molecule has 0 unspecified atom stereocenters. The van der Waals surface area contributed by atoms with E-state index in [2.05, 4.69) is 0 Å². The Morgan fingerprint density at radius 2 is 2.00 bits per heavy atom. The maximum absolute atomic E-state index is 11.5. The highest BCUT2D eigenvalue weighted by molar-refractivity contribution is 5.97. The average Bonchev–Trinajstić information content (AvgIpc) is 2.29. The Balaban J connectivity index is 2.96. The molecule has 1 atom stereocenters. The van der Waals surface area contributed by atoms with Crippen molar-refractivity contribution in [3.8, 4) is 5.75 Å². The van der Waals surface area contributed by atoms with Crippen LogP contribution in [-0.2, 0) is 0 Å². The Labute approximate surface area is 101 Å². The molecule has 0 spiro atoms. The number of hydrogen-bond acceptors (Lipinski definition) is 4. The van der Waals surface area contributed by atoms with E-state index in [0.717, 1.165) is 11.1 Å². The summed E-state index contributed by atoms with van der Waals surface area (Å²) in [5.41, 5.74) is 7.92. The van der Waals surface area contributed by atoms with E-state index in [-0.39, 0.29) is 18.9 Å². The molecule has 0 aliphatic heterocycles. The molecule has 1 rings (SSSR count). The van der Waals surface area contributed by atoms with Gasteiger partial charge in [0.15, 0.2) is 5.78 Å². The third kappa shape index (κ3) is 3.54. The second-order valence-electron chi connectivity index (χ2n) is 4.19. The van der Waals surface area contributed by atoms with Gasteiger partial charge in [-0.3, -0.25) is 4.79 Å². The summed E-state index contributed by atoms with van der Waals surface area (Å²) >= 11 is 0. The van der Waals surface area contributed by atoms with E-state index in [0.29, 0.717) is 11.3 Å². The van der Waals surface area contributed by atoms with Gasteiger partial charge >= 0.3 is 0 Å². The first-order valence-electron chi connectivity index (χ1n) is 5.58. The van der Waals surface area contributed by atoms with Gasteiger partial charge < -0.3 is 15.6 Å². The largest absolute Gasteiger partial charge is 0.490 e. The molecule has 4 nitrogen and oxygen atoms in total. The van der Waals surface area contributed by atoms with Gasteiger partial charge in [0.05, 0.1) is 5.56 Å². The van der Waals surface area contributed by atoms with E-state index in [4.69, 9.17) is 10.5 Å². The van der Waals surface area contributed by atoms with Gasteiger partial charge in [0.2, 0.25) is 0 Å². The van der Waals surface area contributed by atoms with Gasteiger partial charge in [-0.25, -0.2) is 0 Å². The Hall–Kier alpha value is -1.39. The minimum Gasteiger partial charge on any atom is -0.490 e. The Bertz CT molecular complexity index is 415. The Kier molecular flexibility index (Phi) is 4.66. The molecule has 0 aromatic heterocycles. The molecule has 0 radical (unpaired) electrons. The highest BCUT2D eigenvalue weighted by atomic mass is 16.5. The number of rotatable bonds is 5. The molecule has 0 amide bonds. The normalized spacial score (nSPS) is 12.3. The SMILES string of the molecule is CC(=O)c1cc(C)c(C)cc1OC[C@H](O)CN. The van der Waals surface area contributed by atoms with Crippen molar-refractivity contribution >= 4 is 5.78 Å². The van der Waals surface area contributed by atoms with Crippen molar-refractivity contribution in [3.63, 3.8) is 0 Å². The minimum absolute atomic E-state index is 0.0506. The summed E-state index contributed by atoms with van der Waals surface area (Å²) < 4.78 is 5.44. The standard InChI is InChI=1S/C13H19NO3/c1-8-4-12(10(3)15)13(5-9(8)2)17-7-11(16)6-14/h4-5,11,16H,6-7,14H2,1-3H3/t11-/m1/s1. The van der Waals surface area contributed by atoms with Crippen LogP contribution >= 0.6 is 0 Å². The maximum Gasteiger partial charge on any atom is 0.163 e. The predicted octanol–water partition coefficient (Wildman–Crippen LogP) is 1.20. The number of hydrogen-bond donors (Lipinski definition) is 2. The summed E-state index contributed by atoms with van der Waals surface area (Å²) in [4.78, 5) is 11.5. The molecule has 0 saturated carbocycles. The quantitative estimate of drug-likeness (QED) is 0.755. The molecule has 0 bridgehead atoms. The van der Waals surface area contributed by atoms with Gasteiger partial charge in [0.25, 0.3) is 0 Å². The third-order valence-corrected chi connectivity index (χ3v) is 2.68. The molecule has 0 fully saturated rings. The van der Waals surface area contributed by atoms with Gasteiger partial charge in [-0.2, -0.15) is 0 Å². The molecule has 0 aliphatic carbocycles. The lowest BCUT2D eigenvalue weighted by molar-refractivity contribution is 0.0988. The molecule has 3 N–H and O–H groups in total. The molecule has 0 heterocycles. The highest BCUT2D eigenvalue weighted by Gasteiger charge is 2.12. The average molecular weight is 237 g/mol. The number of nitrogens with two attached hydrogens (primary N) is 1. The smallest absolute Gasteiger partial charge is 0.163 e. The van der Waals surface area contributed by atoms with Crippen molar-refractivity contribution < 1.29 is 14.6 Å². The van der Waals surface area contributed by atoms with Gasteiger partial charge in [-0.1, -0.05) is 0 Å². The summed E-state index contributed by atoms with van der Waals surface area (Å²) in [7, 11) is 0. The van der Waals surface area contributed by atoms with Crippen molar-refractivity contribution in [2.45, 2.75) is 26.9 Å². The molecule has 94 valence electrons. The minimum atomic E-state index is -0.712. The van der Waals surface area contributed by atoms with Crippen molar-refractivity contribution in [1.82, 2.24) is 0 Å². The van der Waals surface area contributed by atoms with E-state index < -0.39 is 6.10 Å². The molecule has 4 heteroatoms.